The zero-order valence-electron chi connectivity index (χ0n) is 11.7. The Balaban J connectivity index is 2.76. The molecule has 0 aromatic carbocycles. The molecular weight excluding hydrogens is 290 g/mol. The third kappa shape index (κ3) is 2.37. The van der Waals surface area contributed by atoms with E-state index in [0.29, 0.717) is 5.56 Å². The highest BCUT2D eigenvalue weighted by molar-refractivity contribution is 5.52. The number of aromatic nitrogens is 3. The molecule has 0 spiro atoms. The maximum atomic E-state index is 13.0. The molecule has 8 heteroatoms. The molecule has 0 bridgehead atoms. The van der Waals surface area contributed by atoms with Crippen molar-refractivity contribution in [3.63, 3.8) is 0 Å². The molecule has 0 saturated carbocycles. The van der Waals surface area contributed by atoms with Crippen LogP contribution in [-0.4, -0.2) is 32.6 Å². The Labute approximate surface area is 118 Å². The topological polar surface area (TPSA) is 50.4 Å². The van der Waals surface area contributed by atoms with Gasteiger partial charge in [-0.15, -0.1) is 0 Å². The standard InChI is InChI=1S/C13H15F4N3O/c1-12(2,3)7-4-5-8(20-9(7)18-6-19-20)13(21,10(14)15)11(16)17/h4-6,10-11,21H,1-3H3. The lowest BCUT2D eigenvalue weighted by atomic mass is 9.87. The van der Waals surface area contributed by atoms with Crippen LogP contribution >= 0.6 is 0 Å². The molecule has 2 rings (SSSR count). The van der Waals surface area contributed by atoms with E-state index in [1.807, 2.05) is 20.8 Å². The maximum absolute atomic E-state index is 13.0. The first-order valence-electron chi connectivity index (χ1n) is 6.22. The zero-order chi connectivity index (χ0) is 16.0. The number of nitrogens with zero attached hydrogens (tertiary/aromatic N) is 3. The first-order chi connectivity index (χ1) is 9.60. The van der Waals surface area contributed by atoms with E-state index >= 15 is 0 Å². The van der Waals surface area contributed by atoms with Crippen LogP contribution in [0.2, 0.25) is 0 Å². The van der Waals surface area contributed by atoms with Crippen LogP contribution in [0.5, 0.6) is 0 Å². The molecule has 0 amide bonds. The van der Waals surface area contributed by atoms with Crippen molar-refractivity contribution in [1.29, 1.82) is 0 Å². The molecule has 21 heavy (non-hydrogen) atoms. The lowest BCUT2D eigenvalue weighted by Crippen LogP contribution is -2.43. The van der Waals surface area contributed by atoms with Gasteiger partial charge >= 0.3 is 0 Å². The van der Waals surface area contributed by atoms with E-state index in [2.05, 4.69) is 10.1 Å². The summed E-state index contributed by atoms with van der Waals surface area (Å²) < 4.78 is 52.8. The molecule has 2 aromatic heterocycles. The minimum Gasteiger partial charge on any atom is -0.373 e. The van der Waals surface area contributed by atoms with Gasteiger partial charge in [0.05, 0.1) is 5.69 Å². The Morgan fingerprint density at radius 3 is 2.14 bits per heavy atom. The summed E-state index contributed by atoms with van der Waals surface area (Å²) in [5.41, 5.74) is -3.86. The first-order valence-corrected chi connectivity index (χ1v) is 6.22. The predicted octanol–water partition coefficient (Wildman–Crippen LogP) is 2.74. The highest BCUT2D eigenvalue weighted by Gasteiger charge is 2.51. The van der Waals surface area contributed by atoms with Gasteiger partial charge in [0.15, 0.2) is 5.65 Å². The molecular formula is C13H15F4N3O. The summed E-state index contributed by atoms with van der Waals surface area (Å²) in [4.78, 5) is 3.93. The molecule has 0 unspecified atom stereocenters. The SMILES string of the molecule is CC(C)(C)c1ccc(C(O)(C(F)F)C(F)F)n2ncnc12. The van der Waals surface area contributed by atoms with E-state index in [1.54, 1.807) is 0 Å². The molecule has 0 aliphatic heterocycles. The number of hydrogen-bond acceptors (Lipinski definition) is 3. The van der Waals surface area contributed by atoms with Crippen LogP contribution in [0.4, 0.5) is 17.6 Å². The van der Waals surface area contributed by atoms with Crippen molar-refractivity contribution in [2.24, 2.45) is 0 Å². The average molecular weight is 305 g/mol. The minimum absolute atomic E-state index is 0.166. The van der Waals surface area contributed by atoms with Gasteiger partial charge in [-0.25, -0.2) is 27.1 Å². The second-order valence-electron chi connectivity index (χ2n) is 5.80. The quantitative estimate of drug-likeness (QED) is 0.887. The Morgan fingerprint density at radius 2 is 1.67 bits per heavy atom. The van der Waals surface area contributed by atoms with E-state index in [4.69, 9.17) is 0 Å². The average Bonchev–Trinajstić information content (AvgIpc) is 2.83. The smallest absolute Gasteiger partial charge is 0.278 e. The molecule has 0 saturated heterocycles. The summed E-state index contributed by atoms with van der Waals surface area (Å²) in [5.74, 6) is 0. The number of fused-ring (bicyclic) bond motifs is 1. The van der Waals surface area contributed by atoms with Crippen molar-refractivity contribution in [3.8, 4) is 0 Å². The predicted molar refractivity (Wildman–Crippen MR) is 67.6 cm³/mol. The summed E-state index contributed by atoms with van der Waals surface area (Å²) in [6, 6.07) is 2.45. The van der Waals surface area contributed by atoms with Crippen molar-refractivity contribution in [1.82, 2.24) is 14.6 Å². The number of rotatable bonds is 3. The molecule has 2 heterocycles. The third-order valence-corrected chi connectivity index (χ3v) is 3.31. The molecule has 1 N–H and O–H groups in total. The minimum atomic E-state index is -3.66. The van der Waals surface area contributed by atoms with Gasteiger partial charge in [0.2, 0.25) is 5.60 Å². The van der Waals surface area contributed by atoms with Gasteiger partial charge in [0.1, 0.15) is 6.33 Å². The number of aliphatic hydroxyl groups is 1. The van der Waals surface area contributed by atoms with Crippen molar-refractivity contribution < 1.29 is 22.7 Å². The lowest BCUT2D eigenvalue weighted by Gasteiger charge is -2.28. The summed E-state index contributed by atoms with van der Waals surface area (Å²) in [6.07, 6.45) is -6.25. The fraction of sp³-hybridized carbons (Fsp3) is 0.538. The van der Waals surface area contributed by atoms with Gasteiger partial charge in [-0.1, -0.05) is 26.8 Å². The van der Waals surface area contributed by atoms with Gasteiger partial charge in [-0.05, 0) is 11.5 Å². The van der Waals surface area contributed by atoms with Gasteiger partial charge in [-0.2, -0.15) is 5.10 Å². The van der Waals surface area contributed by atoms with Crippen LogP contribution in [0.15, 0.2) is 18.5 Å². The maximum Gasteiger partial charge on any atom is 0.278 e. The van der Waals surface area contributed by atoms with E-state index in [9.17, 15) is 22.7 Å². The summed E-state index contributed by atoms with van der Waals surface area (Å²) >= 11 is 0. The summed E-state index contributed by atoms with van der Waals surface area (Å²) in [5, 5.41) is 13.5. The van der Waals surface area contributed by atoms with Crippen LogP contribution in [0.25, 0.3) is 5.65 Å². The molecule has 0 atom stereocenters. The summed E-state index contributed by atoms with van der Waals surface area (Å²) in [6.45, 7) is 5.59. The second-order valence-corrected chi connectivity index (χ2v) is 5.80. The fourth-order valence-electron chi connectivity index (χ4n) is 2.12. The molecule has 0 radical (unpaired) electrons. The van der Waals surface area contributed by atoms with Crippen LogP contribution in [0.1, 0.15) is 32.0 Å². The van der Waals surface area contributed by atoms with Gasteiger partial charge in [0.25, 0.3) is 12.9 Å². The third-order valence-electron chi connectivity index (χ3n) is 3.31. The summed E-state index contributed by atoms with van der Waals surface area (Å²) in [7, 11) is 0. The van der Waals surface area contributed by atoms with Crippen molar-refractivity contribution in [2.75, 3.05) is 0 Å². The van der Waals surface area contributed by atoms with E-state index in [1.165, 1.54) is 6.07 Å². The normalized spacial score (nSPS) is 13.6. The molecule has 0 aliphatic carbocycles. The monoisotopic (exact) mass is 305 g/mol. The fourth-order valence-corrected chi connectivity index (χ4v) is 2.12. The lowest BCUT2D eigenvalue weighted by molar-refractivity contribution is -0.186. The highest BCUT2D eigenvalue weighted by atomic mass is 19.3. The van der Waals surface area contributed by atoms with Crippen LogP contribution < -0.4 is 0 Å². The van der Waals surface area contributed by atoms with Crippen LogP contribution in [-0.2, 0) is 11.0 Å². The van der Waals surface area contributed by atoms with E-state index in [-0.39, 0.29) is 11.1 Å². The van der Waals surface area contributed by atoms with Crippen LogP contribution in [0.3, 0.4) is 0 Å². The van der Waals surface area contributed by atoms with Crippen molar-refractivity contribution in [3.05, 3.63) is 29.7 Å². The van der Waals surface area contributed by atoms with E-state index < -0.39 is 24.1 Å². The Kier molecular flexibility index (Phi) is 3.69. The first kappa shape index (κ1) is 15.7. The van der Waals surface area contributed by atoms with Crippen molar-refractivity contribution in [2.45, 2.75) is 44.6 Å². The van der Waals surface area contributed by atoms with Gasteiger partial charge < -0.3 is 5.11 Å². The Morgan fingerprint density at radius 1 is 1.10 bits per heavy atom. The molecule has 2 aromatic rings. The molecule has 0 fully saturated rings. The van der Waals surface area contributed by atoms with E-state index in [0.717, 1.165) is 16.9 Å². The number of halogens is 4. The molecule has 116 valence electrons. The molecule has 0 aliphatic rings. The number of pyridine rings is 1. The largest absolute Gasteiger partial charge is 0.373 e. The Hall–Kier alpha value is -1.70. The van der Waals surface area contributed by atoms with Crippen LogP contribution in [0, 0.1) is 0 Å². The second kappa shape index (κ2) is 4.94. The Bertz CT molecular complexity index is 640. The molecule has 4 nitrogen and oxygen atoms in total. The highest BCUT2D eigenvalue weighted by Crippen LogP contribution is 2.36. The number of hydrogen-bond donors (Lipinski definition) is 1. The zero-order valence-corrected chi connectivity index (χ0v) is 11.7. The van der Waals surface area contributed by atoms with Crippen molar-refractivity contribution >= 4 is 5.65 Å². The van der Waals surface area contributed by atoms with Gasteiger partial charge in [0, 0.05) is 5.56 Å². The van der Waals surface area contributed by atoms with Gasteiger partial charge in [-0.3, -0.25) is 0 Å². The number of alkyl halides is 4.